The second-order valence-corrected chi connectivity index (χ2v) is 6.81. The van der Waals surface area contributed by atoms with Gasteiger partial charge >= 0.3 is 0 Å². The molecular formula is C10H17N3O3S. The molecule has 2 fully saturated rings. The van der Waals surface area contributed by atoms with E-state index in [1.807, 2.05) is 6.92 Å². The maximum atomic E-state index is 12.0. The summed E-state index contributed by atoms with van der Waals surface area (Å²) in [5, 5.41) is 4.96. The summed E-state index contributed by atoms with van der Waals surface area (Å²) in [6.07, 6.45) is 2.99. The van der Waals surface area contributed by atoms with Crippen LogP contribution in [-0.4, -0.2) is 43.9 Å². The Labute approximate surface area is 101 Å². The van der Waals surface area contributed by atoms with Crippen molar-refractivity contribution in [3.05, 3.63) is 0 Å². The molecule has 1 aliphatic carbocycles. The third-order valence-corrected chi connectivity index (χ3v) is 5.07. The first-order valence-electron chi connectivity index (χ1n) is 5.73. The Morgan fingerprint density at radius 2 is 2.24 bits per heavy atom. The van der Waals surface area contributed by atoms with Crippen molar-refractivity contribution >= 4 is 21.7 Å². The molecule has 1 aliphatic heterocycles. The Balaban J connectivity index is 2.37. The number of nitrogens with zero attached hydrogens (tertiary/aromatic N) is 1. The zero-order chi connectivity index (χ0) is 12.7. The van der Waals surface area contributed by atoms with Crippen LogP contribution in [0.25, 0.3) is 0 Å². The minimum atomic E-state index is -3.24. The minimum absolute atomic E-state index is 0.266. The van der Waals surface area contributed by atoms with E-state index in [1.54, 1.807) is 0 Å². The molecule has 1 amide bonds. The van der Waals surface area contributed by atoms with Crippen LogP contribution in [0.2, 0.25) is 0 Å². The van der Waals surface area contributed by atoms with Crippen LogP contribution in [0.15, 0.2) is 4.99 Å². The quantitative estimate of drug-likeness (QED) is 0.694. The molecule has 1 saturated carbocycles. The largest absolute Gasteiger partial charge is 0.341 e. The number of hydrogen-bond acceptors (Lipinski definition) is 4. The highest BCUT2D eigenvalue weighted by Crippen LogP contribution is 2.36. The van der Waals surface area contributed by atoms with Crippen molar-refractivity contribution in [2.75, 3.05) is 12.8 Å². The van der Waals surface area contributed by atoms with Gasteiger partial charge in [-0.15, -0.1) is 0 Å². The highest BCUT2D eigenvalue weighted by atomic mass is 32.2. The van der Waals surface area contributed by atoms with Crippen LogP contribution in [0.1, 0.15) is 26.2 Å². The number of sulfone groups is 1. The predicted molar refractivity (Wildman–Crippen MR) is 64.5 cm³/mol. The molecule has 0 radical (unpaired) electrons. The van der Waals surface area contributed by atoms with Crippen molar-refractivity contribution in [2.45, 2.75) is 37.0 Å². The first kappa shape index (κ1) is 12.3. The molecule has 2 unspecified atom stereocenters. The highest BCUT2D eigenvalue weighted by Gasteiger charge is 2.57. The van der Waals surface area contributed by atoms with Gasteiger partial charge < -0.3 is 5.32 Å². The van der Waals surface area contributed by atoms with E-state index in [0.29, 0.717) is 25.3 Å². The highest BCUT2D eigenvalue weighted by molar-refractivity contribution is 7.91. The van der Waals surface area contributed by atoms with Crippen molar-refractivity contribution in [3.8, 4) is 0 Å². The fourth-order valence-electron chi connectivity index (χ4n) is 2.71. The Hall–Kier alpha value is -1.11. The fourth-order valence-corrected chi connectivity index (χ4v) is 4.32. The zero-order valence-electron chi connectivity index (χ0n) is 9.99. The molecule has 0 bridgehead atoms. The minimum Gasteiger partial charge on any atom is -0.341 e. The Bertz CT molecular complexity index is 471. The molecule has 17 heavy (non-hydrogen) atoms. The fraction of sp³-hybridized carbons (Fsp3) is 0.800. The molecule has 0 aromatic heterocycles. The SMILES string of the molecule is CCN=C1NC(=O)C2(CCCC2S(C)(=O)=O)N1. The Kier molecular flexibility index (Phi) is 2.89. The average molecular weight is 259 g/mol. The van der Waals surface area contributed by atoms with Gasteiger partial charge in [0.1, 0.15) is 5.54 Å². The molecule has 1 saturated heterocycles. The molecule has 0 aromatic carbocycles. The number of guanidine groups is 1. The monoisotopic (exact) mass is 259 g/mol. The zero-order valence-corrected chi connectivity index (χ0v) is 10.8. The van der Waals surface area contributed by atoms with E-state index in [4.69, 9.17) is 0 Å². The third-order valence-electron chi connectivity index (χ3n) is 3.40. The summed E-state index contributed by atoms with van der Waals surface area (Å²) >= 11 is 0. The summed E-state index contributed by atoms with van der Waals surface area (Å²) in [4.78, 5) is 16.1. The van der Waals surface area contributed by atoms with Gasteiger partial charge in [-0.2, -0.15) is 0 Å². The number of carbonyl (C=O) groups is 1. The van der Waals surface area contributed by atoms with Crippen molar-refractivity contribution < 1.29 is 13.2 Å². The van der Waals surface area contributed by atoms with Gasteiger partial charge in [-0.05, 0) is 26.2 Å². The maximum Gasteiger partial charge on any atom is 0.253 e. The Morgan fingerprint density at radius 3 is 2.82 bits per heavy atom. The molecule has 1 spiro atoms. The maximum absolute atomic E-state index is 12.0. The number of hydrogen-bond donors (Lipinski definition) is 2. The van der Waals surface area contributed by atoms with E-state index in [1.165, 1.54) is 6.26 Å². The lowest BCUT2D eigenvalue weighted by Crippen LogP contribution is -2.55. The van der Waals surface area contributed by atoms with Crippen LogP contribution in [0, 0.1) is 0 Å². The molecule has 6 nitrogen and oxygen atoms in total. The van der Waals surface area contributed by atoms with Crippen LogP contribution < -0.4 is 10.6 Å². The molecule has 7 heteroatoms. The van der Waals surface area contributed by atoms with E-state index in [-0.39, 0.29) is 5.91 Å². The molecular weight excluding hydrogens is 242 g/mol. The molecule has 2 N–H and O–H groups in total. The summed E-state index contributed by atoms with van der Waals surface area (Å²) in [5.41, 5.74) is -0.998. The number of carbonyl (C=O) groups excluding carboxylic acids is 1. The van der Waals surface area contributed by atoms with Crippen LogP contribution in [-0.2, 0) is 14.6 Å². The molecule has 2 atom stereocenters. The standard InChI is InChI=1S/C10H17N3O3S/c1-3-11-9-12-8(14)10(13-9)6-4-5-7(10)17(2,15)16/h7H,3-6H2,1-2H3,(H2,11,12,13,14). The van der Waals surface area contributed by atoms with E-state index in [2.05, 4.69) is 15.6 Å². The molecule has 1 heterocycles. The van der Waals surface area contributed by atoms with Crippen molar-refractivity contribution in [1.29, 1.82) is 0 Å². The molecule has 0 aromatic rings. The summed E-state index contributed by atoms with van der Waals surface area (Å²) in [6, 6.07) is 0. The third kappa shape index (κ3) is 1.92. The number of rotatable bonds is 2. The smallest absolute Gasteiger partial charge is 0.253 e. The van der Waals surface area contributed by atoms with Crippen LogP contribution >= 0.6 is 0 Å². The summed E-state index contributed by atoms with van der Waals surface area (Å²) in [5.74, 6) is 0.130. The predicted octanol–water partition coefficient (Wildman–Crippen LogP) is -0.582. The number of aliphatic imine (C=N–C) groups is 1. The molecule has 2 aliphatic rings. The first-order chi connectivity index (χ1) is 7.90. The van der Waals surface area contributed by atoms with E-state index in [0.717, 1.165) is 6.42 Å². The summed E-state index contributed by atoms with van der Waals surface area (Å²) < 4.78 is 23.5. The van der Waals surface area contributed by atoms with Gasteiger partial charge in [0.05, 0.1) is 5.25 Å². The van der Waals surface area contributed by atoms with E-state index < -0.39 is 20.6 Å². The van der Waals surface area contributed by atoms with E-state index in [9.17, 15) is 13.2 Å². The molecule has 2 rings (SSSR count). The van der Waals surface area contributed by atoms with Crippen molar-refractivity contribution in [3.63, 3.8) is 0 Å². The lowest BCUT2D eigenvalue weighted by molar-refractivity contribution is -0.123. The van der Waals surface area contributed by atoms with Crippen LogP contribution in [0.4, 0.5) is 0 Å². The number of amides is 1. The second kappa shape index (κ2) is 3.97. The van der Waals surface area contributed by atoms with Gasteiger partial charge in [0.25, 0.3) is 5.91 Å². The number of nitrogens with one attached hydrogen (secondary N) is 2. The van der Waals surface area contributed by atoms with Gasteiger partial charge in [-0.1, -0.05) is 0 Å². The lowest BCUT2D eigenvalue weighted by Gasteiger charge is -2.26. The normalized spacial score (nSPS) is 35.3. The van der Waals surface area contributed by atoms with Gasteiger partial charge in [-0.25, -0.2) is 8.42 Å². The average Bonchev–Trinajstić information content (AvgIpc) is 2.73. The van der Waals surface area contributed by atoms with Gasteiger partial charge in [0, 0.05) is 12.8 Å². The summed E-state index contributed by atoms with van der Waals surface area (Å²) in [6.45, 7) is 2.40. The molecule has 96 valence electrons. The summed E-state index contributed by atoms with van der Waals surface area (Å²) in [7, 11) is -3.24. The van der Waals surface area contributed by atoms with Crippen LogP contribution in [0.3, 0.4) is 0 Å². The van der Waals surface area contributed by atoms with Crippen LogP contribution in [0.5, 0.6) is 0 Å². The van der Waals surface area contributed by atoms with Crippen molar-refractivity contribution in [2.24, 2.45) is 4.99 Å². The first-order valence-corrected chi connectivity index (χ1v) is 7.68. The second-order valence-electron chi connectivity index (χ2n) is 4.58. The van der Waals surface area contributed by atoms with Gasteiger partial charge in [-0.3, -0.25) is 15.1 Å². The Morgan fingerprint density at radius 1 is 1.53 bits per heavy atom. The topological polar surface area (TPSA) is 87.6 Å². The van der Waals surface area contributed by atoms with Gasteiger partial charge in [0.15, 0.2) is 15.8 Å². The van der Waals surface area contributed by atoms with E-state index >= 15 is 0 Å². The lowest BCUT2D eigenvalue weighted by atomic mass is 9.98. The van der Waals surface area contributed by atoms with Gasteiger partial charge in [0.2, 0.25) is 0 Å². The van der Waals surface area contributed by atoms with Crippen molar-refractivity contribution in [1.82, 2.24) is 10.6 Å².